The van der Waals surface area contributed by atoms with Gasteiger partial charge in [0.05, 0.1) is 16.8 Å². The van der Waals surface area contributed by atoms with E-state index in [-0.39, 0.29) is 11.3 Å². The maximum Gasteiger partial charge on any atom is 0.253 e. The van der Waals surface area contributed by atoms with Gasteiger partial charge >= 0.3 is 0 Å². The Balaban J connectivity index is 2.30. The van der Waals surface area contributed by atoms with E-state index in [0.717, 1.165) is 47.4 Å². The summed E-state index contributed by atoms with van der Waals surface area (Å²) >= 11 is 0. The van der Waals surface area contributed by atoms with Gasteiger partial charge in [0.15, 0.2) is 9.84 Å². The molecule has 0 saturated heterocycles. The number of nitrogens with zero attached hydrogens (tertiary/aromatic N) is 3. The molecule has 0 bridgehead atoms. The van der Waals surface area contributed by atoms with Crippen molar-refractivity contribution in [1.82, 2.24) is 14.1 Å². The highest BCUT2D eigenvalue weighted by Gasteiger charge is 2.17. The molecule has 7 heteroatoms. The van der Waals surface area contributed by atoms with Crippen molar-refractivity contribution in [3.8, 4) is 11.1 Å². The van der Waals surface area contributed by atoms with E-state index in [1.54, 1.807) is 24.7 Å². The minimum absolute atomic E-state index is 0.0370. The van der Waals surface area contributed by atoms with Gasteiger partial charge in [-0.15, -0.1) is 0 Å². The molecule has 150 valence electrons. The van der Waals surface area contributed by atoms with Crippen LogP contribution in [0.3, 0.4) is 0 Å². The molecule has 2 heterocycles. The molecule has 1 aromatic carbocycles. The third kappa shape index (κ3) is 4.04. The van der Waals surface area contributed by atoms with E-state index in [9.17, 15) is 13.2 Å². The molecule has 0 fully saturated rings. The van der Waals surface area contributed by atoms with Crippen molar-refractivity contribution in [1.29, 1.82) is 0 Å². The van der Waals surface area contributed by atoms with Gasteiger partial charge in [-0.05, 0) is 55.2 Å². The van der Waals surface area contributed by atoms with E-state index in [1.165, 1.54) is 6.26 Å². The van der Waals surface area contributed by atoms with E-state index in [0.29, 0.717) is 11.1 Å². The molecule has 0 saturated carbocycles. The second-order valence-corrected chi connectivity index (χ2v) is 9.71. The largest absolute Gasteiger partial charge is 0.328 e. The van der Waals surface area contributed by atoms with Crippen LogP contribution in [0.25, 0.3) is 22.2 Å². The number of fused-ring (bicyclic) bond motifs is 1. The molecule has 0 N–H and O–H groups in total. The quantitative estimate of drug-likeness (QED) is 0.635. The number of sulfone groups is 1. The van der Waals surface area contributed by atoms with Crippen LogP contribution < -0.4 is 5.56 Å². The fraction of sp³-hybridized carbons (Fsp3) is 0.429. The summed E-state index contributed by atoms with van der Waals surface area (Å²) in [4.78, 5) is 16.7. The summed E-state index contributed by atoms with van der Waals surface area (Å²) in [6.07, 6.45) is 5.12. The second kappa shape index (κ2) is 7.54. The van der Waals surface area contributed by atoms with Crippen LogP contribution in [0.1, 0.15) is 36.7 Å². The molecule has 0 aliphatic rings. The van der Waals surface area contributed by atoms with Crippen LogP contribution in [-0.2, 0) is 29.2 Å². The van der Waals surface area contributed by atoms with Gasteiger partial charge in [-0.1, -0.05) is 13.3 Å². The standard InChI is InChI=1S/C21H27N3O3S/c1-6-7-8-24-15(3)22-20-18(13-28(5,26)27)10-16(11-19(20)24)17-9-14(2)21(25)23(4)12-17/h9-12H,6-8,13H2,1-5H3. The van der Waals surface area contributed by atoms with Crippen LogP contribution in [0.4, 0.5) is 0 Å². The summed E-state index contributed by atoms with van der Waals surface area (Å²) in [5.74, 6) is 0.818. The molecule has 0 aliphatic carbocycles. The van der Waals surface area contributed by atoms with E-state index in [4.69, 9.17) is 0 Å². The number of aromatic nitrogens is 3. The average molecular weight is 402 g/mol. The molecular formula is C21H27N3O3S. The van der Waals surface area contributed by atoms with Crippen molar-refractivity contribution >= 4 is 20.9 Å². The summed E-state index contributed by atoms with van der Waals surface area (Å²) in [7, 11) is -1.49. The first kappa shape index (κ1) is 20.3. The molecule has 0 radical (unpaired) electrons. The predicted molar refractivity (Wildman–Crippen MR) is 113 cm³/mol. The normalized spacial score (nSPS) is 12.0. The Labute approximate surface area is 165 Å². The van der Waals surface area contributed by atoms with E-state index in [2.05, 4.69) is 22.5 Å². The fourth-order valence-corrected chi connectivity index (χ4v) is 4.39. The van der Waals surface area contributed by atoms with Crippen molar-refractivity contribution < 1.29 is 8.42 Å². The number of unbranched alkanes of at least 4 members (excludes halogenated alkanes) is 1. The van der Waals surface area contributed by atoms with Crippen LogP contribution in [0.15, 0.2) is 29.2 Å². The third-order valence-corrected chi connectivity index (χ3v) is 5.81. The summed E-state index contributed by atoms with van der Waals surface area (Å²) < 4.78 is 27.8. The number of rotatable bonds is 6. The van der Waals surface area contributed by atoms with Gasteiger partial charge in [-0.25, -0.2) is 13.4 Å². The Kier molecular flexibility index (Phi) is 5.48. The number of aryl methyl sites for hydroxylation is 4. The average Bonchev–Trinajstić information content (AvgIpc) is 2.91. The summed E-state index contributed by atoms with van der Waals surface area (Å²) in [5, 5.41) is 0. The molecule has 6 nitrogen and oxygen atoms in total. The zero-order chi connectivity index (χ0) is 20.6. The first-order valence-corrected chi connectivity index (χ1v) is 11.5. The topological polar surface area (TPSA) is 74.0 Å². The fourth-order valence-electron chi connectivity index (χ4n) is 3.60. The second-order valence-electron chi connectivity index (χ2n) is 7.57. The van der Waals surface area contributed by atoms with Crippen LogP contribution >= 0.6 is 0 Å². The molecular weight excluding hydrogens is 374 g/mol. The Morgan fingerprint density at radius 1 is 1.11 bits per heavy atom. The highest BCUT2D eigenvalue weighted by molar-refractivity contribution is 7.89. The van der Waals surface area contributed by atoms with Crippen molar-refractivity contribution in [3.63, 3.8) is 0 Å². The van der Waals surface area contributed by atoms with Gasteiger partial charge in [-0.3, -0.25) is 4.79 Å². The van der Waals surface area contributed by atoms with Gasteiger partial charge in [0, 0.05) is 31.6 Å². The minimum Gasteiger partial charge on any atom is -0.328 e. The molecule has 3 aromatic rings. The number of hydrogen-bond donors (Lipinski definition) is 0. The lowest BCUT2D eigenvalue weighted by atomic mass is 10.0. The molecule has 3 rings (SSSR count). The predicted octanol–water partition coefficient (Wildman–Crippen LogP) is 3.36. The summed E-state index contributed by atoms with van der Waals surface area (Å²) in [6.45, 7) is 6.72. The van der Waals surface area contributed by atoms with Crippen molar-refractivity contribution in [2.45, 2.75) is 45.9 Å². The Morgan fingerprint density at radius 2 is 1.82 bits per heavy atom. The molecule has 28 heavy (non-hydrogen) atoms. The van der Waals surface area contributed by atoms with Crippen molar-refractivity contribution in [3.05, 3.63) is 51.7 Å². The van der Waals surface area contributed by atoms with Crippen molar-refractivity contribution in [2.24, 2.45) is 7.05 Å². The minimum atomic E-state index is -3.22. The maximum atomic E-state index is 12.1. The highest BCUT2D eigenvalue weighted by atomic mass is 32.2. The zero-order valence-electron chi connectivity index (χ0n) is 17.1. The molecule has 0 amide bonds. The van der Waals surface area contributed by atoms with Crippen LogP contribution in [0.2, 0.25) is 0 Å². The maximum absolute atomic E-state index is 12.1. The number of imidazole rings is 1. The van der Waals surface area contributed by atoms with Gasteiger partial charge < -0.3 is 9.13 Å². The van der Waals surface area contributed by atoms with Crippen molar-refractivity contribution in [2.75, 3.05) is 6.26 Å². The van der Waals surface area contributed by atoms with E-state index >= 15 is 0 Å². The van der Waals surface area contributed by atoms with E-state index < -0.39 is 9.84 Å². The Bertz CT molecular complexity index is 1180. The van der Waals surface area contributed by atoms with Gasteiger partial charge in [0.2, 0.25) is 0 Å². The van der Waals surface area contributed by atoms with Crippen LogP contribution in [-0.4, -0.2) is 28.8 Å². The molecule has 0 atom stereocenters. The third-order valence-electron chi connectivity index (χ3n) is 4.97. The lowest BCUT2D eigenvalue weighted by Gasteiger charge is -2.11. The lowest BCUT2D eigenvalue weighted by Crippen LogP contribution is -2.18. The first-order chi connectivity index (χ1) is 13.1. The molecule has 0 unspecified atom stereocenters. The van der Waals surface area contributed by atoms with Gasteiger partial charge in [0.1, 0.15) is 5.82 Å². The van der Waals surface area contributed by atoms with E-state index in [1.807, 2.05) is 19.1 Å². The summed E-state index contributed by atoms with van der Waals surface area (Å²) in [6, 6.07) is 5.79. The number of pyridine rings is 1. The number of hydrogen-bond acceptors (Lipinski definition) is 4. The number of benzene rings is 1. The smallest absolute Gasteiger partial charge is 0.253 e. The Morgan fingerprint density at radius 3 is 2.43 bits per heavy atom. The summed E-state index contributed by atoms with van der Waals surface area (Å²) in [5.41, 5.74) is 4.77. The van der Waals surface area contributed by atoms with Crippen LogP contribution in [0, 0.1) is 13.8 Å². The molecule has 2 aromatic heterocycles. The zero-order valence-corrected chi connectivity index (χ0v) is 17.9. The lowest BCUT2D eigenvalue weighted by molar-refractivity contribution is 0.601. The Hall–Kier alpha value is -2.41. The monoisotopic (exact) mass is 401 g/mol. The first-order valence-electron chi connectivity index (χ1n) is 9.46. The highest BCUT2D eigenvalue weighted by Crippen LogP contribution is 2.30. The van der Waals surface area contributed by atoms with Gasteiger partial charge in [-0.2, -0.15) is 0 Å². The molecule has 0 aliphatic heterocycles. The van der Waals surface area contributed by atoms with Gasteiger partial charge in [0.25, 0.3) is 5.56 Å². The molecule has 0 spiro atoms. The van der Waals surface area contributed by atoms with Crippen LogP contribution in [0.5, 0.6) is 0 Å². The SMILES string of the molecule is CCCCn1c(C)nc2c(CS(C)(=O)=O)cc(-c3cc(C)c(=O)n(C)c3)cc21.